The highest BCUT2D eigenvalue weighted by atomic mass is 32.1. The van der Waals surface area contributed by atoms with Crippen LogP contribution in [0.4, 0.5) is 5.00 Å². The summed E-state index contributed by atoms with van der Waals surface area (Å²) in [5.41, 5.74) is 1.61. The summed E-state index contributed by atoms with van der Waals surface area (Å²) in [5.74, 6) is -1.84. The van der Waals surface area contributed by atoms with Gasteiger partial charge in [-0.3, -0.25) is 14.2 Å². The van der Waals surface area contributed by atoms with Gasteiger partial charge in [0, 0.05) is 0 Å². The van der Waals surface area contributed by atoms with E-state index < -0.39 is 17.8 Å². The number of carbonyl (C=O) groups is 3. The Bertz CT molecular complexity index is 1600. The second kappa shape index (κ2) is 11.5. The third-order valence-corrected chi connectivity index (χ3v) is 8.08. The van der Waals surface area contributed by atoms with Crippen molar-refractivity contribution >= 4 is 55.7 Å². The maximum Gasteiger partial charge on any atom is 0.348 e. The number of fused-ring (bicyclic) bond motifs is 1. The largest absolute Gasteiger partial charge is 0.462 e. The van der Waals surface area contributed by atoms with Gasteiger partial charge in [0.2, 0.25) is 0 Å². The second-order valence-electron chi connectivity index (χ2n) is 8.22. The number of rotatable bonds is 9. The molecule has 4 aromatic rings. The first-order valence-corrected chi connectivity index (χ1v) is 13.3. The third-order valence-electron chi connectivity index (χ3n) is 5.69. The highest BCUT2D eigenvalue weighted by Crippen LogP contribution is 2.36. The topological polar surface area (TPSA) is 117 Å². The van der Waals surface area contributed by atoms with E-state index in [1.807, 2.05) is 30.3 Å². The lowest BCUT2D eigenvalue weighted by Crippen LogP contribution is -2.21. The van der Waals surface area contributed by atoms with Crippen molar-refractivity contribution in [3.8, 4) is 0 Å². The summed E-state index contributed by atoms with van der Waals surface area (Å²) >= 11 is 2.01. The molecule has 0 bridgehead atoms. The molecule has 0 unspecified atom stereocenters. The number of ether oxygens (including phenoxy) is 2. The molecule has 0 spiro atoms. The van der Waals surface area contributed by atoms with Gasteiger partial charge >= 0.3 is 11.9 Å². The molecule has 11 heteroatoms. The minimum Gasteiger partial charge on any atom is -0.462 e. The molecule has 1 amide bonds. The molecule has 196 valence electrons. The molecule has 3 heterocycles. The molecule has 0 saturated heterocycles. The fourth-order valence-corrected chi connectivity index (χ4v) is 5.99. The molecule has 0 radical (unpaired) electrons. The zero-order valence-corrected chi connectivity index (χ0v) is 22.7. The fraction of sp³-hybridized carbons (Fsp3) is 0.222. The van der Waals surface area contributed by atoms with Crippen molar-refractivity contribution in [1.29, 1.82) is 0 Å². The molecule has 9 nitrogen and oxygen atoms in total. The lowest BCUT2D eigenvalue weighted by molar-refractivity contribution is 0.0527. The lowest BCUT2D eigenvalue weighted by atomic mass is 10.1. The molecule has 1 N–H and O–H groups in total. The van der Waals surface area contributed by atoms with Gasteiger partial charge < -0.3 is 14.8 Å². The predicted octanol–water partition coefficient (Wildman–Crippen LogP) is 4.96. The van der Waals surface area contributed by atoms with Crippen LogP contribution in [0, 0.1) is 13.8 Å². The van der Waals surface area contributed by atoms with Crippen molar-refractivity contribution in [3.05, 3.63) is 91.7 Å². The van der Waals surface area contributed by atoms with Crippen molar-refractivity contribution in [2.24, 2.45) is 0 Å². The van der Waals surface area contributed by atoms with E-state index in [0.29, 0.717) is 27.9 Å². The van der Waals surface area contributed by atoms with Crippen molar-refractivity contribution in [2.75, 3.05) is 18.5 Å². The first-order valence-electron chi connectivity index (χ1n) is 11.7. The van der Waals surface area contributed by atoms with E-state index in [1.54, 1.807) is 20.8 Å². The molecule has 1 aromatic carbocycles. The van der Waals surface area contributed by atoms with E-state index in [0.717, 1.165) is 28.2 Å². The van der Waals surface area contributed by atoms with Gasteiger partial charge in [0.05, 0.1) is 35.3 Å². The van der Waals surface area contributed by atoms with Crippen LogP contribution < -0.4 is 10.9 Å². The van der Waals surface area contributed by atoms with Crippen LogP contribution in [-0.4, -0.2) is 40.6 Å². The molecule has 0 aliphatic heterocycles. The summed E-state index contributed by atoms with van der Waals surface area (Å²) in [7, 11) is 0. The van der Waals surface area contributed by atoms with Crippen molar-refractivity contribution in [1.82, 2.24) is 9.55 Å². The van der Waals surface area contributed by atoms with Crippen LogP contribution in [0.5, 0.6) is 0 Å². The van der Waals surface area contributed by atoms with Crippen LogP contribution in [0.25, 0.3) is 10.2 Å². The molecule has 0 fully saturated rings. The van der Waals surface area contributed by atoms with Gasteiger partial charge in [-0.15, -0.1) is 22.7 Å². The zero-order chi connectivity index (χ0) is 27.4. The van der Waals surface area contributed by atoms with E-state index in [-0.39, 0.29) is 39.1 Å². The molecule has 4 rings (SSSR count). The van der Waals surface area contributed by atoms with Gasteiger partial charge in [-0.2, -0.15) is 0 Å². The molecule has 0 atom stereocenters. The summed E-state index contributed by atoms with van der Waals surface area (Å²) in [6.45, 7) is 8.93. The van der Waals surface area contributed by atoms with Crippen molar-refractivity contribution in [3.63, 3.8) is 0 Å². The SMILES string of the molecule is C=CCOC(=O)c1sc(NC(=O)c2sc3ncn(Cc4ccccc4)c(=O)c3c2C)c(C(=O)OCC)c1C. The number of benzene rings is 1. The highest BCUT2D eigenvalue weighted by Gasteiger charge is 2.29. The van der Waals surface area contributed by atoms with Crippen LogP contribution in [0.2, 0.25) is 0 Å². The normalized spacial score (nSPS) is 10.8. The number of aromatic nitrogens is 2. The number of amides is 1. The Kier molecular flexibility index (Phi) is 8.18. The summed E-state index contributed by atoms with van der Waals surface area (Å²) in [6.07, 6.45) is 2.90. The minimum absolute atomic E-state index is 0.00237. The van der Waals surface area contributed by atoms with Crippen molar-refractivity contribution in [2.45, 2.75) is 27.3 Å². The monoisotopic (exact) mass is 551 g/mol. The van der Waals surface area contributed by atoms with Gasteiger partial charge in [-0.05, 0) is 37.5 Å². The Morgan fingerprint density at radius 3 is 2.47 bits per heavy atom. The highest BCUT2D eigenvalue weighted by molar-refractivity contribution is 7.21. The Hall–Kier alpha value is -4.09. The molecule has 3 aromatic heterocycles. The quantitative estimate of drug-likeness (QED) is 0.231. The Balaban J connectivity index is 1.69. The predicted molar refractivity (Wildman–Crippen MR) is 148 cm³/mol. The summed E-state index contributed by atoms with van der Waals surface area (Å²) < 4.78 is 11.8. The standard InChI is InChI=1S/C27H25N3O6S2/c1-5-12-36-27(34)21-16(4)19(26(33)35-6-2)24(38-21)29-22(31)20-15(3)18-23(37-20)28-14-30(25(18)32)13-17-10-8-7-9-11-17/h5,7-11,14H,1,6,12-13H2,2-4H3,(H,29,31). The van der Waals surface area contributed by atoms with Crippen LogP contribution in [0.15, 0.2) is 54.1 Å². The first-order chi connectivity index (χ1) is 18.3. The number of anilines is 1. The minimum atomic E-state index is -0.669. The Labute approximate surface area is 226 Å². The number of nitrogens with one attached hydrogen (secondary N) is 1. The van der Waals surface area contributed by atoms with Crippen molar-refractivity contribution < 1.29 is 23.9 Å². The van der Waals surface area contributed by atoms with E-state index in [9.17, 15) is 19.2 Å². The number of esters is 2. The molecular formula is C27H25N3O6S2. The molecule has 0 aliphatic rings. The smallest absolute Gasteiger partial charge is 0.348 e. The van der Waals surface area contributed by atoms with E-state index in [2.05, 4.69) is 16.9 Å². The van der Waals surface area contributed by atoms with Gasteiger partial charge in [0.1, 0.15) is 21.3 Å². The zero-order valence-electron chi connectivity index (χ0n) is 21.0. The maximum atomic E-state index is 13.4. The first kappa shape index (κ1) is 27.0. The van der Waals surface area contributed by atoms with Gasteiger partial charge in [-0.1, -0.05) is 43.0 Å². The summed E-state index contributed by atoms with van der Waals surface area (Å²) in [6, 6.07) is 9.53. The average Bonchev–Trinajstić information content (AvgIpc) is 3.41. The van der Waals surface area contributed by atoms with E-state index in [4.69, 9.17) is 9.47 Å². The molecule has 38 heavy (non-hydrogen) atoms. The Morgan fingerprint density at radius 1 is 1.05 bits per heavy atom. The number of nitrogens with zero attached hydrogens (tertiary/aromatic N) is 2. The van der Waals surface area contributed by atoms with E-state index in [1.165, 1.54) is 17.0 Å². The third kappa shape index (κ3) is 5.29. The van der Waals surface area contributed by atoms with Gasteiger partial charge in [0.15, 0.2) is 0 Å². The summed E-state index contributed by atoms with van der Waals surface area (Å²) in [5, 5.41) is 3.26. The van der Waals surface area contributed by atoms with Crippen LogP contribution >= 0.6 is 22.7 Å². The fourth-order valence-electron chi connectivity index (χ4n) is 3.87. The van der Waals surface area contributed by atoms with E-state index >= 15 is 0 Å². The van der Waals surface area contributed by atoms with Crippen LogP contribution in [0.3, 0.4) is 0 Å². The average molecular weight is 552 g/mol. The number of thiophene rings is 2. The van der Waals surface area contributed by atoms with Crippen LogP contribution in [-0.2, 0) is 16.0 Å². The molecule has 0 saturated carbocycles. The second-order valence-corrected chi connectivity index (χ2v) is 10.2. The molecular weight excluding hydrogens is 526 g/mol. The van der Waals surface area contributed by atoms with Crippen LogP contribution in [0.1, 0.15) is 53.3 Å². The van der Waals surface area contributed by atoms with Gasteiger partial charge in [0.25, 0.3) is 11.5 Å². The number of hydrogen-bond acceptors (Lipinski definition) is 9. The Morgan fingerprint density at radius 2 is 1.79 bits per heavy atom. The van der Waals surface area contributed by atoms with Gasteiger partial charge in [-0.25, -0.2) is 14.6 Å². The number of aryl methyl sites for hydroxylation is 1. The summed E-state index contributed by atoms with van der Waals surface area (Å²) in [4.78, 5) is 57.2. The number of carbonyl (C=O) groups excluding carboxylic acids is 3. The lowest BCUT2D eigenvalue weighted by Gasteiger charge is -2.07. The number of hydrogen-bond donors (Lipinski definition) is 1. The maximum absolute atomic E-state index is 13.4. The molecule has 0 aliphatic carbocycles.